The molecule has 1 aromatic carbocycles. The van der Waals surface area contributed by atoms with E-state index in [2.05, 4.69) is 11.6 Å². The van der Waals surface area contributed by atoms with Gasteiger partial charge in [0.25, 0.3) is 0 Å². The number of benzene rings is 1. The average Bonchev–Trinajstić information content (AvgIpc) is 2.78. The molecule has 4 N–H and O–H groups in total. The fraction of sp³-hybridized carbons (Fsp3) is 0.312. The number of nitrogens with two attached hydrogens (primary N) is 1. The topological polar surface area (TPSA) is 79.1 Å². The van der Waals surface area contributed by atoms with Crippen LogP contribution < -0.4 is 5.73 Å². The molecule has 4 heteroatoms. The van der Waals surface area contributed by atoms with Gasteiger partial charge < -0.3 is 15.8 Å². The zero-order valence-corrected chi connectivity index (χ0v) is 11.8. The summed E-state index contributed by atoms with van der Waals surface area (Å²) >= 11 is 0. The lowest BCUT2D eigenvalue weighted by molar-refractivity contribution is -0.138. The van der Waals surface area contributed by atoms with Crippen LogP contribution in [0.5, 0.6) is 0 Å². The van der Waals surface area contributed by atoms with Gasteiger partial charge in [0.05, 0.1) is 0 Å². The van der Waals surface area contributed by atoms with Gasteiger partial charge in [-0.15, -0.1) is 6.58 Å². The summed E-state index contributed by atoms with van der Waals surface area (Å²) in [6.45, 7) is 7.95. The first-order chi connectivity index (χ1) is 9.36. The fourth-order valence-corrected chi connectivity index (χ4v) is 2.37. The number of carboxylic acids is 1. The third-order valence-electron chi connectivity index (χ3n) is 3.71. The number of fused-ring (bicyclic) bond motifs is 1. The zero-order chi connectivity index (χ0) is 14.9. The molecule has 2 aromatic rings. The van der Waals surface area contributed by atoms with E-state index in [1.807, 2.05) is 44.2 Å². The summed E-state index contributed by atoms with van der Waals surface area (Å²) in [5, 5.41) is 10.1. The molecule has 106 valence electrons. The molecule has 1 aromatic heterocycles. The minimum absolute atomic E-state index is 0.271. The molecule has 1 heterocycles. The summed E-state index contributed by atoms with van der Waals surface area (Å²) in [4.78, 5) is 14.4. The Morgan fingerprint density at radius 3 is 2.75 bits per heavy atom. The van der Waals surface area contributed by atoms with E-state index in [0.29, 0.717) is 6.42 Å². The van der Waals surface area contributed by atoms with E-state index in [9.17, 15) is 4.79 Å². The van der Waals surface area contributed by atoms with Crippen LogP contribution in [0.3, 0.4) is 0 Å². The molecule has 0 saturated heterocycles. The van der Waals surface area contributed by atoms with Crippen molar-refractivity contribution in [3.63, 3.8) is 0 Å². The molecule has 1 atom stereocenters. The van der Waals surface area contributed by atoms with E-state index in [-0.39, 0.29) is 5.41 Å². The number of H-pyrrole nitrogens is 1. The minimum atomic E-state index is -0.988. The van der Waals surface area contributed by atoms with Crippen molar-refractivity contribution in [2.75, 3.05) is 0 Å². The van der Waals surface area contributed by atoms with Gasteiger partial charge in [-0.05, 0) is 11.6 Å². The molecule has 2 rings (SSSR count). The molecule has 0 aliphatic carbocycles. The lowest BCUT2D eigenvalue weighted by Crippen LogP contribution is -2.33. The third kappa shape index (κ3) is 2.47. The number of aliphatic carboxylic acids is 1. The monoisotopic (exact) mass is 272 g/mol. The maximum Gasteiger partial charge on any atom is 0.320 e. The van der Waals surface area contributed by atoms with E-state index in [1.54, 1.807) is 0 Å². The van der Waals surface area contributed by atoms with Gasteiger partial charge in [0.15, 0.2) is 0 Å². The standard InChI is InChI=1S/C16H20N2O2/c1-4-16(2,3)14-11(9-12(17)15(19)20)10-7-5-6-8-13(10)18-14/h4-8,12,18H,1,9,17H2,2-3H3,(H,19,20). The summed E-state index contributed by atoms with van der Waals surface area (Å²) in [5.74, 6) is -0.988. The van der Waals surface area contributed by atoms with Crippen molar-refractivity contribution >= 4 is 16.9 Å². The first-order valence-corrected chi connectivity index (χ1v) is 6.59. The molecule has 1 unspecified atom stereocenters. The predicted molar refractivity (Wildman–Crippen MR) is 80.8 cm³/mol. The Morgan fingerprint density at radius 2 is 2.15 bits per heavy atom. The molecule has 0 spiro atoms. The maximum atomic E-state index is 11.0. The SMILES string of the molecule is C=CC(C)(C)c1[nH]c2ccccc2c1CC(N)C(=O)O. The number of aromatic nitrogens is 1. The van der Waals surface area contributed by atoms with Gasteiger partial charge >= 0.3 is 5.97 Å². The fourth-order valence-electron chi connectivity index (χ4n) is 2.37. The Morgan fingerprint density at radius 1 is 1.50 bits per heavy atom. The van der Waals surface area contributed by atoms with Crippen LogP contribution in [0.1, 0.15) is 25.1 Å². The molecular formula is C16H20N2O2. The van der Waals surface area contributed by atoms with Crippen molar-refractivity contribution < 1.29 is 9.90 Å². The highest BCUT2D eigenvalue weighted by molar-refractivity contribution is 5.86. The van der Waals surface area contributed by atoms with Crippen LogP contribution in [-0.4, -0.2) is 22.1 Å². The second-order valence-corrected chi connectivity index (χ2v) is 5.60. The minimum Gasteiger partial charge on any atom is -0.480 e. The van der Waals surface area contributed by atoms with Crippen molar-refractivity contribution in [1.29, 1.82) is 0 Å². The number of carbonyl (C=O) groups is 1. The van der Waals surface area contributed by atoms with E-state index in [4.69, 9.17) is 10.8 Å². The number of nitrogens with one attached hydrogen (secondary N) is 1. The van der Waals surface area contributed by atoms with Crippen molar-refractivity contribution in [3.05, 3.63) is 48.2 Å². The highest BCUT2D eigenvalue weighted by atomic mass is 16.4. The largest absolute Gasteiger partial charge is 0.480 e. The Kier molecular flexibility index (Phi) is 3.68. The predicted octanol–water partition coefficient (Wildman–Crippen LogP) is 2.59. The second-order valence-electron chi connectivity index (χ2n) is 5.60. The Bertz CT molecular complexity index is 656. The van der Waals surface area contributed by atoms with Crippen LogP contribution in [0, 0.1) is 0 Å². The molecule has 0 saturated carbocycles. The van der Waals surface area contributed by atoms with Gasteiger partial charge in [-0.25, -0.2) is 0 Å². The van der Waals surface area contributed by atoms with E-state index in [0.717, 1.165) is 22.2 Å². The van der Waals surface area contributed by atoms with Gasteiger partial charge in [0.2, 0.25) is 0 Å². The molecule has 4 nitrogen and oxygen atoms in total. The Balaban J connectivity index is 2.62. The van der Waals surface area contributed by atoms with Crippen molar-refractivity contribution in [2.24, 2.45) is 5.73 Å². The molecule has 20 heavy (non-hydrogen) atoms. The molecule has 0 aliphatic heterocycles. The normalized spacial score (nSPS) is 13.3. The van der Waals surface area contributed by atoms with Gasteiger partial charge in [-0.2, -0.15) is 0 Å². The second kappa shape index (κ2) is 5.13. The molecule has 0 bridgehead atoms. The number of hydrogen-bond donors (Lipinski definition) is 3. The van der Waals surface area contributed by atoms with Crippen LogP contribution in [0.15, 0.2) is 36.9 Å². The molecule has 0 amide bonds. The van der Waals surface area contributed by atoms with Gasteiger partial charge in [0, 0.05) is 28.4 Å². The summed E-state index contributed by atoms with van der Waals surface area (Å²) in [6, 6.07) is 6.95. The first-order valence-electron chi connectivity index (χ1n) is 6.59. The lowest BCUT2D eigenvalue weighted by Gasteiger charge is -2.21. The van der Waals surface area contributed by atoms with Gasteiger partial charge in [-0.1, -0.05) is 38.1 Å². The summed E-state index contributed by atoms with van der Waals surface area (Å²) in [6.07, 6.45) is 2.15. The highest BCUT2D eigenvalue weighted by Gasteiger charge is 2.26. The van der Waals surface area contributed by atoms with Gasteiger partial charge in [0.1, 0.15) is 6.04 Å². The lowest BCUT2D eigenvalue weighted by atomic mass is 9.85. The van der Waals surface area contributed by atoms with Crippen molar-refractivity contribution in [2.45, 2.75) is 31.7 Å². The maximum absolute atomic E-state index is 11.0. The van der Waals surface area contributed by atoms with Crippen LogP contribution in [0.25, 0.3) is 10.9 Å². The van der Waals surface area contributed by atoms with Crippen LogP contribution in [0.2, 0.25) is 0 Å². The number of aromatic amines is 1. The molecule has 0 fully saturated rings. The van der Waals surface area contributed by atoms with Crippen LogP contribution >= 0.6 is 0 Å². The van der Waals surface area contributed by atoms with Crippen LogP contribution in [-0.2, 0) is 16.6 Å². The Labute approximate surface area is 118 Å². The first kappa shape index (κ1) is 14.3. The van der Waals surface area contributed by atoms with E-state index < -0.39 is 12.0 Å². The van der Waals surface area contributed by atoms with E-state index >= 15 is 0 Å². The number of hydrogen-bond acceptors (Lipinski definition) is 2. The quantitative estimate of drug-likeness (QED) is 0.732. The zero-order valence-electron chi connectivity index (χ0n) is 11.8. The Hall–Kier alpha value is -2.07. The van der Waals surface area contributed by atoms with Crippen LogP contribution in [0.4, 0.5) is 0 Å². The smallest absolute Gasteiger partial charge is 0.320 e. The molecule has 0 radical (unpaired) electrons. The highest BCUT2D eigenvalue weighted by Crippen LogP contribution is 2.33. The number of rotatable bonds is 5. The molecule has 0 aliphatic rings. The summed E-state index contributed by atoms with van der Waals surface area (Å²) < 4.78 is 0. The number of carboxylic acid groups (broad SMARTS) is 1. The average molecular weight is 272 g/mol. The van der Waals surface area contributed by atoms with Crippen molar-refractivity contribution in [1.82, 2.24) is 4.98 Å². The summed E-state index contributed by atoms with van der Waals surface area (Å²) in [7, 11) is 0. The van der Waals surface area contributed by atoms with Crippen molar-refractivity contribution in [3.8, 4) is 0 Å². The summed E-state index contributed by atoms with van der Waals surface area (Å²) in [5.41, 5.74) is 8.37. The van der Waals surface area contributed by atoms with E-state index in [1.165, 1.54) is 0 Å². The number of para-hydroxylation sites is 1. The van der Waals surface area contributed by atoms with Gasteiger partial charge in [-0.3, -0.25) is 4.79 Å². The molecular weight excluding hydrogens is 252 g/mol. The third-order valence-corrected chi connectivity index (χ3v) is 3.71. The number of allylic oxidation sites excluding steroid dienone is 1.